The van der Waals surface area contributed by atoms with Gasteiger partial charge in [-0.15, -0.1) is 11.3 Å². The molecule has 0 unspecified atom stereocenters. The third-order valence-corrected chi connectivity index (χ3v) is 4.06. The number of nitrogens with zero attached hydrogens (tertiary/aromatic N) is 2. The number of ether oxygens (including phenoxy) is 2. The summed E-state index contributed by atoms with van der Waals surface area (Å²) in [5.41, 5.74) is 0.303. The van der Waals surface area contributed by atoms with Crippen molar-refractivity contribution < 1.29 is 13.9 Å². The number of thiophene rings is 1. The highest BCUT2D eigenvalue weighted by Crippen LogP contribution is 2.32. The monoisotopic (exact) mass is 334 g/mol. The first-order chi connectivity index (χ1) is 11.2. The van der Waals surface area contributed by atoms with Crippen LogP contribution in [-0.4, -0.2) is 29.4 Å². The van der Waals surface area contributed by atoms with E-state index in [1.54, 1.807) is 17.4 Å². The molecule has 0 atom stereocenters. The Hall–Kier alpha value is -2.61. The van der Waals surface area contributed by atoms with Crippen molar-refractivity contribution in [2.24, 2.45) is 0 Å². The van der Waals surface area contributed by atoms with Gasteiger partial charge in [-0.25, -0.2) is 9.37 Å². The Labute approximate surface area is 136 Å². The minimum Gasteiger partial charge on any atom is -0.493 e. The summed E-state index contributed by atoms with van der Waals surface area (Å²) < 4.78 is 24.3. The third kappa shape index (κ3) is 3.26. The van der Waals surface area contributed by atoms with Crippen molar-refractivity contribution in [1.29, 1.82) is 0 Å². The van der Waals surface area contributed by atoms with Gasteiger partial charge >= 0.3 is 0 Å². The van der Waals surface area contributed by atoms with Crippen molar-refractivity contribution in [2.45, 2.75) is 6.54 Å². The van der Waals surface area contributed by atoms with Gasteiger partial charge in [-0.1, -0.05) is 6.07 Å². The lowest BCUT2D eigenvalue weighted by atomic mass is 10.2. The highest BCUT2D eigenvalue weighted by molar-refractivity contribution is 7.13. The molecule has 3 aromatic rings. The largest absolute Gasteiger partial charge is 0.493 e. The SMILES string of the molecule is COc1cc(F)c(NCc2nc(-c3cccs3)n[nH]2)cc1OC. The summed E-state index contributed by atoms with van der Waals surface area (Å²) in [5.74, 6) is 1.61. The number of hydrogen-bond acceptors (Lipinski definition) is 6. The molecule has 0 aliphatic carbocycles. The minimum atomic E-state index is -0.430. The normalized spacial score (nSPS) is 10.6. The molecule has 0 saturated heterocycles. The van der Waals surface area contributed by atoms with E-state index in [-0.39, 0.29) is 0 Å². The number of halogens is 1. The van der Waals surface area contributed by atoms with Gasteiger partial charge in [-0.3, -0.25) is 5.10 Å². The Balaban J connectivity index is 1.73. The van der Waals surface area contributed by atoms with Gasteiger partial charge < -0.3 is 14.8 Å². The molecule has 0 spiro atoms. The second-order valence-electron chi connectivity index (χ2n) is 4.62. The lowest BCUT2D eigenvalue weighted by Crippen LogP contribution is -2.04. The van der Waals surface area contributed by atoms with Gasteiger partial charge in [0.25, 0.3) is 0 Å². The average Bonchev–Trinajstić information content (AvgIpc) is 3.24. The van der Waals surface area contributed by atoms with E-state index in [4.69, 9.17) is 9.47 Å². The summed E-state index contributed by atoms with van der Waals surface area (Å²) in [4.78, 5) is 5.35. The molecule has 0 bridgehead atoms. The summed E-state index contributed by atoms with van der Waals surface area (Å²) in [6, 6.07) is 6.70. The van der Waals surface area contributed by atoms with Gasteiger partial charge in [-0.2, -0.15) is 5.10 Å². The van der Waals surface area contributed by atoms with Gasteiger partial charge in [0, 0.05) is 12.1 Å². The molecule has 2 heterocycles. The van der Waals surface area contributed by atoms with Crippen LogP contribution in [0.3, 0.4) is 0 Å². The molecule has 0 radical (unpaired) electrons. The number of rotatable bonds is 6. The van der Waals surface area contributed by atoms with Gasteiger partial charge in [0.1, 0.15) is 11.6 Å². The highest BCUT2D eigenvalue weighted by atomic mass is 32.1. The molecule has 120 valence electrons. The molecule has 2 N–H and O–H groups in total. The summed E-state index contributed by atoms with van der Waals surface area (Å²) >= 11 is 1.56. The molecule has 0 aliphatic rings. The first-order valence-corrected chi connectivity index (χ1v) is 7.69. The maximum absolute atomic E-state index is 14.0. The molecule has 0 saturated carbocycles. The predicted octanol–water partition coefficient (Wildman–Crippen LogP) is 3.30. The minimum absolute atomic E-state index is 0.303. The zero-order valence-corrected chi connectivity index (χ0v) is 13.4. The third-order valence-electron chi connectivity index (χ3n) is 3.19. The molecule has 0 fully saturated rings. The topological polar surface area (TPSA) is 72.1 Å². The number of aromatic nitrogens is 3. The number of nitrogens with one attached hydrogen (secondary N) is 2. The number of methoxy groups -OCH3 is 2. The van der Waals surface area contributed by atoms with Crippen LogP contribution in [0, 0.1) is 5.82 Å². The van der Waals surface area contributed by atoms with E-state index >= 15 is 0 Å². The van der Waals surface area contributed by atoms with Gasteiger partial charge in [-0.05, 0) is 11.4 Å². The van der Waals surface area contributed by atoms with E-state index < -0.39 is 5.82 Å². The summed E-state index contributed by atoms with van der Waals surface area (Å²) in [5, 5.41) is 11.9. The molecule has 1 aromatic carbocycles. The molecular formula is C15H15FN4O2S. The summed E-state index contributed by atoms with van der Waals surface area (Å²) in [6.07, 6.45) is 0. The maximum Gasteiger partial charge on any atom is 0.191 e. The number of benzene rings is 1. The second kappa shape index (κ2) is 6.66. The van der Waals surface area contributed by atoms with Crippen LogP contribution in [0.2, 0.25) is 0 Å². The van der Waals surface area contributed by atoms with Crippen LogP contribution in [-0.2, 0) is 6.54 Å². The predicted molar refractivity (Wildman–Crippen MR) is 86.5 cm³/mol. The quantitative estimate of drug-likeness (QED) is 0.724. The van der Waals surface area contributed by atoms with E-state index in [0.717, 1.165) is 4.88 Å². The zero-order valence-electron chi connectivity index (χ0n) is 12.6. The van der Waals surface area contributed by atoms with Gasteiger partial charge in [0.2, 0.25) is 0 Å². The van der Waals surface area contributed by atoms with Crippen molar-refractivity contribution in [2.75, 3.05) is 19.5 Å². The van der Waals surface area contributed by atoms with Crippen molar-refractivity contribution in [3.05, 3.63) is 41.3 Å². The Bertz CT molecular complexity index is 789. The lowest BCUT2D eigenvalue weighted by Gasteiger charge is -2.11. The smallest absolute Gasteiger partial charge is 0.191 e. The fourth-order valence-electron chi connectivity index (χ4n) is 2.06. The van der Waals surface area contributed by atoms with Crippen LogP contribution >= 0.6 is 11.3 Å². The molecule has 0 amide bonds. The Morgan fingerprint density at radius 1 is 1.26 bits per heavy atom. The molecule has 3 rings (SSSR count). The highest BCUT2D eigenvalue weighted by Gasteiger charge is 2.12. The molecule has 2 aromatic heterocycles. The van der Waals surface area contributed by atoms with Crippen molar-refractivity contribution in [3.8, 4) is 22.2 Å². The van der Waals surface area contributed by atoms with E-state index in [2.05, 4.69) is 20.5 Å². The van der Waals surface area contributed by atoms with Crippen LogP contribution < -0.4 is 14.8 Å². The van der Waals surface area contributed by atoms with E-state index in [1.165, 1.54) is 20.3 Å². The van der Waals surface area contributed by atoms with Crippen LogP contribution in [0.5, 0.6) is 11.5 Å². The van der Waals surface area contributed by atoms with Crippen LogP contribution in [0.1, 0.15) is 5.82 Å². The average molecular weight is 334 g/mol. The Morgan fingerprint density at radius 2 is 2.04 bits per heavy atom. The van der Waals surface area contributed by atoms with Crippen molar-refractivity contribution in [3.63, 3.8) is 0 Å². The maximum atomic E-state index is 14.0. The molecule has 0 aliphatic heterocycles. The number of hydrogen-bond donors (Lipinski definition) is 2. The van der Waals surface area contributed by atoms with E-state index in [0.29, 0.717) is 35.4 Å². The second-order valence-corrected chi connectivity index (χ2v) is 5.57. The van der Waals surface area contributed by atoms with Gasteiger partial charge in [0.05, 0.1) is 31.3 Å². The van der Waals surface area contributed by atoms with Crippen molar-refractivity contribution >= 4 is 17.0 Å². The van der Waals surface area contributed by atoms with E-state index in [9.17, 15) is 4.39 Å². The molecule has 8 heteroatoms. The first-order valence-electron chi connectivity index (χ1n) is 6.82. The zero-order chi connectivity index (χ0) is 16.2. The standard InChI is InChI=1S/C15H15FN4O2S/c1-21-11-6-9(16)10(7-12(11)22-2)17-8-14-18-15(20-19-14)13-4-3-5-23-13/h3-7,17H,8H2,1-2H3,(H,18,19,20). The van der Waals surface area contributed by atoms with Crippen LogP contribution in [0.25, 0.3) is 10.7 Å². The molecule has 23 heavy (non-hydrogen) atoms. The fourth-order valence-corrected chi connectivity index (χ4v) is 2.72. The van der Waals surface area contributed by atoms with Crippen LogP contribution in [0.15, 0.2) is 29.6 Å². The summed E-state index contributed by atoms with van der Waals surface area (Å²) in [7, 11) is 2.97. The Morgan fingerprint density at radius 3 is 2.74 bits per heavy atom. The Kier molecular flexibility index (Phi) is 4.42. The fraction of sp³-hybridized carbons (Fsp3) is 0.200. The number of aromatic amines is 1. The van der Waals surface area contributed by atoms with Crippen LogP contribution in [0.4, 0.5) is 10.1 Å². The van der Waals surface area contributed by atoms with E-state index in [1.807, 2.05) is 17.5 Å². The molecular weight excluding hydrogens is 319 g/mol. The summed E-state index contributed by atoms with van der Waals surface area (Å²) in [6.45, 7) is 0.310. The first kappa shape index (κ1) is 15.3. The number of H-pyrrole nitrogens is 1. The lowest BCUT2D eigenvalue weighted by molar-refractivity contribution is 0.352. The molecule has 6 nitrogen and oxygen atoms in total. The van der Waals surface area contributed by atoms with Crippen molar-refractivity contribution in [1.82, 2.24) is 15.2 Å². The number of anilines is 1. The van der Waals surface area contributed by atoms with Gasteiger partial charge in [0.15, 0.2) is 17.3 Å².